The molecular formula is C17H21N. The lowest BCUT2D eigenvalue weighted by molar-refractivity contribution is 1.13. The van der Waals surface area contributed by atoms with E-state index in [0.717, 1.165) is 6.54 Å². The van der Waals surface area contributed by atoms with Gasteiger partial charge in [0, 0.05) is 12.2 Å². The van der Waals surface area contributed by atoms with Crippen molar-refractivity contribution in [2.24, 2.45) is 0 Å². The van der Waals surface area contributed by atoms with E-state index in [4.69, 9.17) is 0 Å². The predicted molar refractivity (Wildman–Crippen MR) is 79.2 cm³/mol. The van der Waals surface area contributed by atoms with Gasteiger partial charge in [0.25, 0.3) is 0 Å². The zero-order chi connectivity index (χ0) is 13.1. The molecule has 1 nitrogen and oxygen atoms in total. The Morgan fingerprint density at radius 3 is 2.06 bits per heavy atom. The lowest BCUT2D eigenvalue weighted by Gasteiger charge is -2.10. The van der Waals surface area contributed by atoms with Crippen molar-refractivity contribution in [1.82, 2.24) is 0 Å². The van der Waals surface area contributed by atoms with Gasteiger partial charge < -0.3 is 5.32 Å². The van der Waals surface area contributed by atoms with Crippen molar-refractivity contribution < 1.29 is 0 Å². The Kier molecular flexibility index (Phi) is 3.71. The highest BCUT2D eigenvalue weighted by molar-refractivity contribution is 5.48. The molecule has 1 N–H and O–H groups in total. The van der Waals surface area contributed by atoms with Crippen molar-refractivity contribution in [3.63, 3.8) is 0 Å². The van der Waals surface area contributed by atoms with E-state index in [1.54, 1.807) is 0 Å². The van der Waals surface area contributed by atoms with Crippen molar-refractivity contribution in [1.29, 1.82) is 0 Å². The molecule has 0 atom stereocenters. The second kappa shape index (κ2) is 5.26. The summed E-state index contributed by atoms with van der Waals surface area (Å²) in [6, 6.07) is 13.2. The summed E-state index contributed by atoms with van der Waals surface area (Å²) in [6.45, 7) is 9.46. The third-order valence-corrected chi connectivity index (χ3v) is 3.29. The second-order valence-electron chi connectivity index (χ2n) is 5.15. The number of hydrogen-bond donors (Lipinski definition) is 1. The summed E-state index contributed by atoms with van der Waals surface area (Å²) in [5.74, 6) is 0. The molecule has 0 aliphatic heterocycles. The molecule has 2 aromatic carbocycles. The third kappa shape index (κ3) is 3.13. The van der Waals surface area contributed by atoms with E-state index in [1.807, 2.05) is 0 Å². The molecule has 0 fully saturated rings. The molecule has 0 amide bonds. The molecule has 94 valence electrons. The van der Waals surface area contributed by atoms with Gasteiger partial charge in [0.15, 0.2) is 0 Å². The summed E-state index contributed by atoms with van der Waals surface area (Å²) >= 11 is 0. The topological polar surface area (TPSA) is 12.0 Å². The van der Waals surface area contributed by atoms with Crippen LogP contribution in [0.1, 0.15) is 27.8 Å². The van der Waals surface area contributed by atoms with Crippen LogP contribution in [0.5, 0.6) is 0 Å². The molecular weight excluding hydrogens is 218 g/mol. The molecule has 1 heteroatoms. The first-order chi connectivity index (χ1) is 8.54. The highest BCUT2D eigenvalue weighted by Crippen LogP contribution is 2.16. The molecule has 0 unspecified atom stereocenters. The summed E-state index contributed by atoms with van der Waals surface area (Å²) in [4.78, 5) is 0. The summed E-state index contributed by atoms with van der Waals surface area (Å²) in [5.41, 5.74) is 7.86. The fraction of sp³-hybridized carbons (Fsp3) is 0.294. The Hall–Kier alpha value is -1.76. The number of hydrogen-bond acceptors (Lipinski definition) is 1. The number of benzene rings is 2. The fourth-order valence-corrected chi connectivity index (χ4v) is 2.23. The van der Waals surface area contributed by atoms with Gasteiger partial charge in [-0.15, -0.1) is 0 Å². The Morgan fingerprint density at radius 2 is 1.44 bits per heavy atom. The summed E-state index contributed by atoms with van der Waals surface area (Å²) < 4.78 is 0. The van der Waals surface area contributed by atoms with Crippen molar-refractivity contribution in [2.75, 3.05) is 5.32 Å². The van der Waals surface area contributed by atoms with Gasteiger partial charge in [-0.25, -0.2) is 0 Å². The van der Waals surface area contributed by atoms with Crippen LogP contribution in [0.15, 0.2) is 36.4 Å². The molecule has 2 aromatic rings. The van der Waals surface area contributed by atoms with E-state index in [-0.39, 0.29) is 0 Å². The lowest BCUT2D eigenvalue weighted by Crippen LogP contribution is -2.00. The maximum absolute atomic E-state index is 3.48. The summed E-state index contributed by atoms with van der Waals surface area (Å²) in [6.07, 6.45) is 0. The van der Waals surface area contributed by atoms with Gasteiger partial charge in [0.05, 0.1) is 0 Å². The molecule has 0 heterocycles. The van der Waals surface area contributed by atoms with E-state index in [1.165, 1.54) is 33.5 Å². The van der Waals surface area contributed by atoms with Gasteiger partial charge in [0.2, 0.25) is 0 Å². The highest BCUT2D eigenvalue weighted by Gasteiger charge is 1.98. The molecule has 0 radical (unpaired) electrons. The Labute approximate surface area is 110 Å². The maximum Gasteiger partial charge on any atom is 0.0400 e. The van der Waals surface area contributed by atoms with E-state index < -0.39 is 0 Å². The van der Waals surface area contributed by atoms with Gasteiger partial charge in [-0.05, 0) is 56.5 Å². The average molecular weight is 239 g/mol. The van der Waals surface area contributed by atoms with Crippen molar-refractivity contribution in [3.8, 4) is 0 Å². The van der Waals surface area contributed by atoms with Gasteiger partial charge in [0.1, 0.15) is 0 Å². The first-order valence-electron chi connectivity index (χ1n) is 6.43. The molecule has 0 saturated heterocycles. The molecule has 18 heavy (non-hydrogen) atoms. The molecule has 0 aromatic heterocycles. The number of rotatable bonds is 3. The molecule has 2 rings (SSSR count). The van der Waals surface area contributed by atoms with Crippen LogP contribution in [0.2, 0.25) is 0 Å². The van der Waals surface area contributed by atoms with E-state index in [0.29, 0.717) is 0 Å². The van der Waals surface area contributed by atoms with Crippen molar-refractivity contribution in [2.45, 2.75) is 34.2 Å². The fourth-order valence-electron chi connectivity index (χ4n) is 2.23. The molecule has 0 aliphatic rings. The zero-order valence-corrected chi connectivity index (χ0v) is 11.7. The lowest BCUT2D eigenvalue weighted by atomic mass is 10.1. The van der Waals surface area contributed by atoms with Crippen LogP contribution >= 0.6 is 0 Å². The van der Waals surface area contributed by atoms with E-state index in [9.17, 15) is 0 Å². The van der Waals surface area contributed by atoms with Crippen LogP contribution in [0.4, 0.5) is 5.69 Å². The molecule has 0 aliphatic carbocycles. The van der Waals surface area contributed by atoms with Gasteiger partial charge in [-0.3, -0.25) is 0 Å². The monoisotopic (exact) mass is 239 g/mol. The van der Waals surface area contributed by atoms with Crippen LogP contribution in [0.25, 0.3) is 0 Å². The summed E-state index contributed by atoms with van der Waals surface area (Å²) in [5, 5.41) is 3.48. The van der Waals surface area contributed by atoms with Crippen LogP contribution in [-0.4, -0.2) is 0 Å². The van der Waals surface area contributed by atoms with Crippen LogP contribution in [0.3, 0.4) is 0 Å². The smallest absolute Gasteiger partial charge is 0.0400 e. The number of aryl methyl sites for hydroxylation is 4. The number of anilines is 1. The predicted octanol–water partition coefficient (Wildman–Crippen LogP) is 4.53. The van der Waals surface area contributed by atoms with E-state index >= 15 is 0 Å². The quantitative estimate of drug-likeness (QED) is 0.829. The Morgan fingerprint density at radius 1 is 0.778 bits per heavy atom. The minimum Gasteiger partial charge on any atom is -0.381 e. The third-order valence-electron chi connectivity index (χ3n) is 3.29. The second-order valence-corrected chi connectivity index (χ2v) is 5.15. The van der Waals surface area contributed by atoms with E-state index in [2.05, 4.69) is 69.4 Å². The maximum atomic E-state index is 3.48. The normalized spacial score (nSPS) is 10.4. The largest absolute Gasteiger partial charge is 0.381 e. The van der Waals surface area contributed by atoms with Crippen molar-refractivity contribution in [3.05, 3.63) is 64.2 Å². The minimum atomic E-state index is 0.880. The van der Waals surface area contributed by atoms with Gasteiger partial charge in [-0.1, -0.05) is 35.4 Å². The number of nitrogens with one attached hydrogen (secondary N) is 1. The minimum absolute atomic E-state index is 0.880. The van der Waals surface area contributed by atoms with Crippen molar-refractivity contribution >= 4 is 5.69 Å². The molecule has 0 bridgehead atoms. The summed E-state index contributed by atoms with van der Waals surface area (Å²) in [7, 11) is 0. The average Bonchev–Trinajstić information content (AvgIpc) is 2.29. The first kappa shape index (κ1) is 12.7. The highest BCUT2D eigenvalue weighted by atomic mass is 14.9. The SMILES string of the molecule is Cc1cc(C)cc(CNc2ccc(C)c(C)c2)c1. The Balaban J connectivity index is 2.08. The van der Waals surface area contributed by atoms with Gasteiger partial charge >= 0.3 is 0 Å². The molecule has 0 spiro atoms. The van der Waals surface area contributed by atoms with Crippen LogP contribution < -0.4 is 5.32 Å². The first-order valence-corrected chi connectivity index (χ1v) is 6.43. The van der Waals surface area contributed by atoms with Crippen LogP contribution in [-0.2, 0) is 6.54 Å². The van der Waals surface area contributed by atoms with Crippen LogP contribution in [0, 0.1) is 27.7 Å². The zero-order valence-electron chi connectivity index (χ0n) is 11.7. The molecule has 0 saturated carbocycles. The standard InChI is InChI=1S/C17H21N/c1-12-7-13(2)9-16(8-12)11-18-17-6-5-14(3)15(4)10-17/h5-10,18H,11H2,1-4H3. The van der Waals surface area contributed by atoms with Gasteiger partial charge in [-0.2, -0.15) is 0 Å². The Bertz CT molecular complexity index is 535.